The van der Waals surface area contributed by atoms with E-state index in [4.69, 9.17) is 0 Å². The van der Waals surface area contributed by atoms with Crippen molar-refractivity contribution in [2.45, 2.75) is 39.7 Å². The molecule has 2 aromatic carbocycles. The third kappa shape index (κ3) is 2.47. The third-order valence-corrected chi connectivity index (χ3v) is 4.46. The van der Waals surface area contributed by atoms with Crippen LogP contribution in [0.4, 0.5) is 5.69 Å². The lowest BCUT2D eigenvalue weighted by Crippen LogP contribution is -2.22. The van der Waals surface area contributed by atoms with Crippen molar-refractivity contribution in [3.63, 3.8) is 0 Å². The molecule has 1 aliphatic rings. The minimum absolute atomic E-state index is 0.474. The standard InChI is InChI=1S/C18H23N/c1-13-11-18(2,3)12-17(13)19-16-10-6-8-14-7-4-5-9-15(14)16/h4-10,13,17,19H,11-12H2,1-3H3. The van der Waals surface area contributed by atoms with Crippen LogP contribution >= 0.6 is 0 Å². The van der Waals surface area contributed by atoms with Crippen LogP contribution < -0.4 is 5.32 Å². The summed E-state index contributed by atoms with van der Waals surface area (Å²) in [6.07, 6.45) is 2.58. The zero-order valence-electron chi connectivity index (χ0n) is 12.1. The first-order valence-electron chi connectivity index (χ1n) is 7.29. The van der Waals surface area contributed by atoms with Gasteiger partial charge in [-0.1, -0.05) is 57.2 Å². The predicted molar refractivity (Wildman–Crippen MR) is 83.5 cm³/mol. The van der Waals surface area contributed by atoms with Crippen molar-refractivity contribution in [3.8, 4) is 0 Å². The van der Waals surface area contributed by atoms with Gasteiger partial charge in [0.2, 0.25) is 0 Å². The molecule has 2 unspecified atom stereocenters. The molecular weight excluding hydrogens is 230 g/mol. The van der Waals surface area contributed by atoms with E-state index in [1.807, 2.05) is 0 Å². The van der Waals surface area contributed by atoms with Gasteiger partial charge in [0.1, 0.15) is 0 Å². The van der Waals surface area contributed by atoms with E-state index in [-0.39, 0.29) is 0 Å². The Labute approximate surface area is 116 Å². The van der Waals surface area contributed by atoms with Gasteiger partial charge >= 0.3 is 0 Å². The van der Waals surface area contributed by atoms with E-state index < -0.39 is 0 Å². The number of anilines is 1. The third-order valence-electron chi connectivity index (χ3n) is 4.46. The Morgan fingerprint density at radius 1 is 1.00 bits per heavy atom. The van der Waals surface area contributed by atoms with E-state index in [0.29, 0.717) is 11.5 Å². The smallest absolute Gasteiger partial charge is 0.0422 e. The fourth-order valence-electron chi connectivity index (χ4n) is 3.64. The van der Waals surface area contributed by atoms with Crippen LogP contribution in [0.15, 0.2) is 42.5 Å². The first-order chi connectivity index (χ1) is 9.05. The zero-order chi connectivity index (χ0) is 13.5. The molecule has 1 fully saturated rings. The molecule has 0 aromatic heterocycles. The maximum absolute atomic E-state index is 3.79. The Morgan fingerprint density at radius 2 is 1.74 bits per heavy atom. The zero-order valence-corrected chi connectivity index (χ0v) is 12.1. The highest BCUT2D eigenvalue weighted by Crippen LogP contribution is 2.42. The molecule has 1 N–H and O–H groups in total. The van der Waals surface area contributed by atoms with E-state index in [0.717, 1.165) is 5.92 Å². The number of fused-ring (bicyclic) bond motifs is 1. The maximum Gasteiger partial charge on any atom is 0.0422 e. The molecule has 0 spiro atoms. The minimum Gasteiger partial charge on any atom is -0.382 e. The lowest BCUT2D eigenvalue weighted by Gasteiger charge is -2.21. The lowest BCUT2D eigenvalue weighted by atomic mass is 9.91. The number of hydrogen-bond donors (Lipinski definition) is 1. The highest BCUT2D eigenvalue weighted by molar-refractivity contribution is 5.93. The average Bonchev–Trinajstić information content (AvgIpc) is 2.63. The van der Waals surface area contributed by atoms with Crippen LogP contribution in [0.3, 0.4) is 0 Å². The molecule has 0 saturated heterocycles. The highest BCUT2D eigenvalue weighted by Gasteiger charge is 2.36. The topological polar surface area (TPSA) is 12.0 Å². The molecule has 1 nitrogen and oxygen atoms in total. The second-order valence-corrected chi connectivity index (χ2v) is 6.83. The number of rotatable bonds is 2. The summed E-state index contributed by atoms with van der Waals surface area (Å²) in [5.74, 6) is 0.744. The van der Waals surface area contributed by atoms with Crippen molar-refractivity contribution in [1.29, 1.82) is 0 Å². The van der Waals surface area contributed by atoms with Crippen LogP contribution in [0.2, 0.25) is 0 Å². The molecule has 1 saturated carbocycles. The summed E-state index contributed by atoms with van der Waals surface area (Å²) in [5.41, 5.74) is 1.76. The predicted octanol–water partition coefficient (Wildman–Crippen LogP) is 5.08. The van der Waals surface area contributed by atoms with Gasteiger partial charge in [-0.3, -0.25) is 0 Å². The van der Waals surface area contributed by atoms with E-state index in [2.05, 4.69) is 68.6 Å². The van der Waals surface area contributed by atoms with Crippen LogP contribution in [-0.4, -0.2) is 6.04 Å². The van der Waals surface area contributed by atoms with E-state index in [9.17, 15) is 0 Å². The van der Waals surface area contributed by atoms with Crippen molar-refractivity contribution in [2.24, 2.45) is 11.3 Å². The second-order valence-electron chi connectivity index (χ2n) is 6.83. The van der Waals surface area contributed by atoms with Gasteiger partial charge in [-0.2, -0.15) is 0 Å². The van der Waals surface area contributed by atoms with Crippen molar-refractivity contribution in [1.82, 2.24) is 0 Å². The van der Waals surface area contributed by atoms with Gasteiger partial charge in [-0.05, 0) is 35.6 Å². The molecule has 0 aliphatic heterocycles. The molecule has 3 rings (SSSR count). The molecule has 19 heavy (non-hydrogen) atoms. The van der Waals surface area contributed by atoms with Crippen molar-refractivity contribution in [2.75, 3.05) is 5.32 Å². The van der Waals surface area contributed by atoms with Crippen molar-refractivity contribution < 1.29 is 0 Å². The van der Waals surface area contributed by atoms with Gasteiger partial charge in [0.15, 0.2) is 0 Å². The average molecular weight is 253 g/mol. The summed E-state index contributed by atoms with van der Waals surface area (Å²) < 4.78 is 0. The molecule has 1 aliphatic carbocycles. The maximum atomic E-state index is 3.79. The molecule has 0 heterocycles. The number of hydrogen-bond acceptors (Lipinski definition) is 1. The molecule has 100 valence electrons. The Bertz CT molecular complexity index is 580. The van der Waals surface area contributed by atoms with Crippen LogP contribution in [0.25, 0.3) is 10.8 Å². The Hall–Kier alpha value is -1.50. The van der Waals surface area contributed by atoms with Gasteiger partial charge in [-0.25, -0.2) is 0 Å². The van der Waals surface area contributed by atoms with Crippen molar-refractivity contribution in [3.05, 3.63) is 42.5 Å². The van der Waals surface area contributed by atoms with Crippen LogP contribution in [0.5, 0.6) is 0 Å². The Balaban J connectivity index is 1.90. The molecule has 1 heteroatoms. The Morgan fingerprint density at radius 3 is 2.47 bits per heavy atom. The fourth-order valence-corrected chi connectivity index (χ4v) is 3.64. The quantitative estimate of drug-likeness (QED) is 0.787. The van der Waals surface area contributed by atoms with E-state index in [1.54, 1.807) is 0 Å². The Kier molecular flexibility index (Phi) is 3.00. The monoisotopic (exact) mass is 253 g/mol. The first kappa shape index (κ1) is 12.5. The van der Waals surface area contributed by atoms with Gasteiger partial charge < -0.3 is 5.32 Å². The summed E-state index contributed by atoms with van der Waals surface area (Å²) in [7, 11) is 0. The molecule has 2 aromatic rings. The summed E-state index contributed by atoms with van der Waals surface area (Å²) in [6.45, 7) is 7.14. The second kappa shape index (κ2) is 4.56. The largest absolute Gasteiger partial charge is 0.382 e. The summed E-state index contributed by atoms with van der Waals surface area (Å²) in [6, 6.07) is 15.8. The molecule has 0 amide bonds. The lowest BCUT2D eigenvalue weighted by molar-refractivity contribution is 0.366. The molecule has 2 atom stereocenters. The highest BCUT2D eigenvalue weighted by atomic mass is 14.9. The van der Waals surface area contributed by atoms with E-state index >= 15 is 0 Å². The molecule has 0 bridgehead atoms. The first-order valence-corrected chi connectivity index (χ1v) is 7.29. The van der Waals surface area contributed by atoms with E-state index in [1.165, 1.54) is 29.3 Å². The summed E-state index contributed by atoms with van der Waals surface area (Å²) >= 11 is 0. The summed E-state index contributed by atoms with van der Waals surface area (Å²) in [4.78, 5) is 0. The summed E-state index contributed by atoms with van der Waals surface area (Å²) in [5, 5.41) is 6.44. The molecule has 0 radical (unpaired) electrons. The van der Waals surface area contributed by atoms with Gasteiger partial charge in [-0.15, -0.1) is 0 Å². The van der Waals surface area contributed by atoms with Gasteiger partial charge in [0, 0.05) is 17.1 Å². The SMILES string of the molecule is CC1CC(C)(C)CC1Nc1cccc2ccccc12. The van der Waals surface area contributed by atoms with Gasteiger partial charge in [0.25, 0.3) is 0 Å². The van der Waals surface area contributed by atoms with Crippen LogP contribution in [0.1, 0.15) is 33.6 Å². The number of benzene rings is 2. The number of nitrogens with one attached hydrogen (secondary N) is 1. The van der Waals surface area contributed by atoms with Gasteiger partial charge in [0.05, 0.1) is 0 Å². The minimum atomic E-state index is 0.474. The fraction of sp³-hybridized carbons (Fsp3) is 0.444. The van der Waals surface area contributed by atoms with Crippen LogP contribution in [-0.2, 0) is 0 Å². The van der Waals surface area contributed by atoms with Crippen molar-refractivity contribution >= 4 is 16.5 Å². The normalized spacial score (nSPS) is 25.6. The molecular formula is C18H23N. The van der Waals surface area contributed by atoms with Crippen LogP contribution in [0, 0.1) is 11.3 Å².